The van der Waals surface area contributed by atoms with E-state index in [0.717, 1.165) is 22.8 Å². The minimum absolute atomic E-state index is 0.423. The number of hydrogen-bond acceptors (Lipinski definition) is 4. The SMILES string of the molecule is N#Cc1ccc(NC2=NCc3cccnc32)cc1Cl. The Morgan fingerprint density at radius 2 is 2.21 bits per heavy atom. The minimum atomic E-state index is 0.423. The van der Waals surface area contributed by atoms with E-state index in [4.69, 9.17) is 16.9 Å². The smallest absolute Gasteiger partial charge is 0.152 e. The summed E-state index contributed by atoms with van der Waals surface area (Å²) >= 11 is 6.00. The number of nitriles is 1. The van der Waals surface area contributed by atoms with Crippen LogP contribution in [-0.2, 0) is 6.54 Å². The average molecular weight is 269 g/mol. The number of halogens is 1. The lowest BCUT2D eigenvalue weighted by atomic mass is 10.2. The van der Waals surface area contributed by atoms with Crippen LogP contribution in [-0.4, -0.2) is 10.8 Å². The molecule has 0 saturated heterocycles. The number of pyridine rings is 1. The average Bonchev–Trinajstić information content (AvgIpc) is 2.83. The third-order valence-electron chi connectivity index (χ3n) is 2.88. The highest BCUT2D eigenvalue weighted by molar-refractivity contribution is 6.32. The van der Waals surface area contributed by atoms with Crippen LogP contribution in [0, 0.1) is 11.3 Å². The molecule has 19 heavy (non-hydrogen) atoms. The predicted octanol–water partition coefficient (Wildman–Crippen LogP) is 2.98. The number of aromatic nitrogens is 1. The topological polar surface area (TPSA) is 61.1 Å². The van der Waals surface area contributed by atoms with Crippen molar-refractivity contribution < 1.29 is 0 Å². The van der Waals surface area contributed by atoms with Gasteiger partial charge in [-0.15, -0.1) is 0 Å². The highest BCUT2D eigenvalue weighted by Crippen LogP contribution is 2.22. The Balaban J connectivity index is 1.88. The molecule has 0 atom stereocenters. The highest BCUT2D eigenvalue weighted by atomic mass is 35.5. The van der Waals surface area contributed by atoms with Gasteiger partial charge >= 0.3 is 0 Å². The van der Waals surface area contributed by atoms with E-state index in [9.17, 15) is 0 Å². The fraction of sp³-hybridized carbons (Fsp3) is 0.0714. The van der Waals surface area contributed by atoms with Gasteiger partial charge in [0.1, 0.15) is 11.8 Å². The number of fused-ring (bicyclic) bond motifs is 1. The zero-order valence-electron chi connectivity index (χ0n) is 9.89. The van der Waals surface area contributed by atoms with Crippen molar-refractivity contribution in [2.45, 2.75) is 6.54 Å². The lowest BCUT2D eigenvalue weighted by Gasteiger charge is -2.07. The Kier molecular flexibility index (Phi) is 2.90. The van der Waals surface area contributed by atoms with Crippen molar-refractivity contribution in [2.75, 3.05) is 5.32 Å². The van der Waals surface area contributed by atoms with Crippen LogP contribution in [0.2, 0.25) is 5.02 Å². The van der Waals surface area contributed by atoms with Gasteiger partial charge in [0, 0.05) is 17.4 Å². The number of nitrogens with zero attached hydrogens (tertiary/aromatic N) is 3. The van der Waals surface area contributed by atoms with E-state index in [-0.39, 0.29) is 0 Å². The summed E-state index contributed by atoms with van der Waals surface area (Å²) in [6.07, 6.45) is 1.74. The first-order chi connectivity index (χ1) is 9.28. The third-order valence-corrected chi connectivity index (χ3v) is 3.19. The molecule has 2 aromatic rings. The van der Waals surface area contributed by atoms with Crippen LogP contribution in [0.15, 0.2) is 41.5 Å². The first-order valence-electron chi connectivity index (χ1n) is 5.73. The molecule has 0 fully saturated rings. The van der Waals surface area contributed by atoms with Gasteiger partial charge < -0.3 is 5.32 Å². The number of aliphatic imine (C=N–C) groups is 1. The van der Waals surface area contributed by atoms with E-state index in [0.29, 0.717) is 17.1 Å². The number of amidine groups is 1. The van der Waals surface area contributed by atoms with E-state index in [1.165, 1.54) is 0 Å². The fourth-order valence-electron chi connectivity index (χ4n) is 1.94. The van der Waals surface area contributed by atoms with E-state index >= 15 is 0 Å². The van der Waals surface area contributed by atoms with Crippen molar-refractivity contribution in [2.24, 2.45) is 4.99 Å². The first-order valence-corrected chi connectivity index (χ1v) is 6.11. The van der Waals surface area contributed by atoms with Crippen molar-refractivity contribution in [3.05, 3.63) is 58.4 Å². The van der Waals surface area contributed by atoms with Crippen LogP contribution < -0.4 is 5.32 Å². The molecular formula is C14H9ClN4. The third kappa shape index (κ3) is 2.16. The lowest BCUT2D eigenvalue weighted by molar-refractivity contribution is 1.09. The molecule has 1 aliphatic heterocycles. The van der Waals surface area contributed by atoms with Crippen molar-refractivity contribution in [1.82, 2.24) is 4.98 Å². The van der Waals surface area contributed by atoms with Gasteiger partial charge in [0.2, 0.25) is 0 Å². The van der Waals surface area contributed by atoms with Crippen molar-refractivity contribution in [1.29, 1.82) is 5.26 Å². The summed E-state index contributed by atoms with van der Waals surface area (Å²) in [6.45, 7) is 0.634. The Hall–Kier alpha value is -2.38. The van der Waals surface area contributed by atoms with E-state index in [1.807, 2.05) is 18.2 Å². The molecule has 1 aromatic carbocycles. The van der Waals surface area contributed by atoms with Crippen molar-refractivity contribution in [3.8, 4) is 6.07 Å². The Bertz CT molecular complexity index is 716. The fourth-order valence-corrected chi connectivity index (χ4v) is 2.16. The van der Waals surface area contributed by atoms with Crippen LogP contribution in [0.4, 0.5) is 5.69 Å². The summed E-state index contributed by atoms with van der Waals surface area (Å²) in [5, 5.41) is 12.4. The van der Waals surface area contributed by atoms with Gasteiger partial charge in [0.25, 0.3) is 0 Å². The number of rotatable bonds is 1. The molecule has 0 radical (unpaired) electrons. The summed E-state index contributed by atoms with van der Waals surface area (Å²) in [5.74, 6) is 0.733. The highest BCUT2D eigenvalue weighted by Gasteiger charge is 2.16. The number of hydrogen-bond donors (Lipinski definition) is 1. The summed E-state index contributed by atoms with van der Waals surface area (Å²) < 4.78 is 0. The summed E-state index contributed by atoms with van der Waals surface area (Å²) in [7, 11) is 0. The standard InChI is InChI=1S/C14H9ClN4/c15-12-6-11(4-3-9(12)7-16)19-14-13-10(8-18-14)2-1-5-17-13/h1-6H,8H2,(H,18,19). The molecule has 0 aliphatic carbocycles. The van der Waals surface area contributed by atoms with Gasteiger partial charge in [-0.1, -0.05) is 17.7 Å². The molecule has 2 heterocycles. The minimum Gasteiger partial charge on any atom is -0.339 e. The van der Waals surface area contributed by atoms with Gasteiger partial charge in [-0.05, 0) is 24.3 Å². The van der Waals surface area contributed by atoms with Crippen LogP contribution >= 0.6 is 11.6 Å². The largest absolute Gasteiger partial charge is 0.339 e. The number of anilines is 1. The van der Waals surface area contributed by atoms with Crippen LogP contribution in [0.25, 0.3) is 0 Å². The van der Waals surface area contributed by atoms with Gasteiger partial charge in [0.05, 0.1) is 17.1 Å². The Labute approximate surface area is 115 Å². The monoisotopic (exact) mass is 268 g/mol. The van der Waals surface area contributed by atoms with Crippen molar-refractivity contribution >= 4 is 23.1 Å². The molecule has 0 spiro atoms. The first kappa shape index (κ1) is 11.7. The molecule has 4 nitrogen and oxygen atoms in total. The van der Waals surface area contributed by atoms with E-state index in [1.54, 1.807) is 24.4 Å². The normalized spacial score (nSPS) is 12.5. The molecule has 0 saturated carbocycles. The molecule has 92 valence electrons. The second kappa shape index (κ2) is 4.71. The maximum Gasteiger partial charge on any atom is 0.152 e. The Morgan fingerprint density at radius 3 is 3.00 bits per heavy atom. The van der Waals surface area contributed by atoms with Crippen LogP contribution in [0.3, 0.4) is 0 Å². The summed E-state index contributed by atoms with van der Waals surface area (Å²) in [4.78, 5) is 8.72. The van der Waals surface area contributed by atoms with Crippen molar-refractivity contribution in [3.63, 3.8) is 0 Å². The quantitative estimate of drug-likeness (QED) is 0.865. The van der Waals surface area contributed by atoms with Gasteiger partial charge in [-0.25, -0.2) is 0 Å². The molecule has 1 aromatic heterocycles. The number of nitrogens with one attached hydrogen (secondary N) is 1. The number of benzene rings is 1. The zero-order chi connectivity index (χ0) is 13.2. The molecule has 5 heteroatoms. The van der Waals surface area contributed by atoms with E-state index < -0.39 is 0 Å². The molecular weight excluding hydrogens is 260 g/mol. The molecule has 0 unspecified atom stereocenters. The second-order valence-corrected chi connectivity index (χ2v) is 4.51. The molecule has 3 rings (SSSR count). The van der Waals surface area contributed by atoms with Crippen LogP contribution in [0.1, 0.15) is 16.8 Å². The van der Waals surface area contributed by atoms with Gasteiger partial charge in [-0.3, -0.25) is 9.98 Å². The second-order valence-electron chi connectivity index (χ2n) is 4.11. The maximum atomic E-state index is 8.84. The maximum absolute atomic E-state index is 8.84. The molecule has 0 amide bonds. The van der Waals surface area contributed by atoms with Crippen LogP contribution in [0.5, 0.6) is 0 Å². The summed E-state index contributed by atoms with van der Waals surface area (Å²) in [6, 6.07) is 11.1. The van der Waals surface area contributed by atoms with Gasteiger partial charge in [0.15, 0.2) is 5.84 Å². The molecule has 1 N–H and O–H groups in total. The Morgan fingerprint density at radius 1 is 1.32 bits per heavy atom. The predicted molar refractivity (Wildman–Crippen MR) is 74.3 cm³/mol. The summed E-state index contributed by atoms with van der Waals surface area (Å²) in [5.41, 5.74) is 3.22. The molecule has 0 bridgehead atoms. The van der Waals surface area contributed by atoms with Gasteiger partial charge in [-0.2, -0.15) is 5.26 Å². The molecule has 1 aliphatic rings. The zero-order valence-corrected chi connectivity index (χ0v) is 10.6. The lowest BCUT2D eigenvalue weighted by Crippen LogP contribution is -2.13. The van der Waals surface area contributed by atoms with E-state index in [2.05, 4.69) is 15.3 Å².